The third kappa shape index (κ3) is 1.45. The van der Waals surface area contributed by atoms with Crippen LogP contribution in [0.1, 0.15) is 0 Å². The zero-order valence-corrected chi connectivity index (χ0v) is 10.3. The fraction of sp³-hybridized carbons (Fsp3) is 0.0714. The van der Waals surface area contributed by atoms with Crippen LogP contribution in [0.4, 0.5) is 8.78 Å². The van der Waals surface area contributed by atoms with Gasteiger partial charge in [-0.1, -0.05) is 0 Å². The monoisotopic (exact) mass is 292 g/mol. The highest BCUT2D eigenvalue weighted by atomic mass is 19.1. The van der Waals surface area contributed by atoms with E-state index in [0.29, 0.717) is 11.8 Å². The molecule has 3 aromatic rings. The molecule has 21 heavy (non-hydrogen) atoms. The summed E-state index contributed by atoms with van der Waals surface area (Å²) in [6.07, 6.45) is 0. The van der Waals surface area contributed by atoms with Gasteiger partial charge in [-0.05, 0) is 12.1 Å². The highest BCUT2D eigenvalue weighted by molar-refractivity contribution is 6.08. The summed E-state index contributed by atoms with van der Waals surface area (Å²) >= 11 is 0. The van der Waals surface area contributed by atoms with Crippen LogP contribution < -0.4 is 15.1 Å². The van der Waals surface area contributed by atoms with E-state index >= 15 is 0 Å². The van der Waals surface area contributed by atoms with Crippen molar-refractivity contribution in [3.05, 3.63) is 40.3 Å². The molecule has 7 heteroatoms. The molecule has 0 bridgehead atoms. The van der Waals surface area contributed by atoms with Crippen molar-refractivity contribution in [2.75, 3.05) is 6.79 Å². The minimum absolute atomic E-state index is 0.0264. The van der Waals surface area contributed by atoms with Gasteiger partial charge in [0.25, 0.3) is 0 Å². The largest absolute Gasteiger partial charge is 0.505 e. The summed E-state index contributed by atoms with van der Waals surface area (Å²) in [4.78, 5) is 12.1. The van der Waals surface area contributed by atoms with Crippen LogP contribution in [-0.2, 0) is 0 Å². The zero-order chi connectivity index (χ0) is 14.7. The van der Waals surface area contributed by atoms with Gasteiger partial charge < -0.3 is 19.0 Å². The van der Waals surface area contributed by atoms with Crippen molar-refractivity contribution in [1.82, 2.24) is 0 Å². The zero-order valence-electron chi connectivity index (χ0n) is 10.3. The Hall–Kier alpha value is -2.83. The Morgan fingerprint density at radius 2 is 1.95 bits per heavy atom. The third-order valence-corrected chi connectivity index (χ3v) is 3.36. The number of hydrogen-bond donors (Lipinski definition) is 1. The Balaban J connectivity index is 2.32. The van der Waals surface area contributed by atoms with Gasteiger partial charge in [0.2, 0.25) is 12.6 Å². The Labute approximate surface area is 114 Å². The van der Waals surface area contributed by atoms with Crippen molar-refractivity contribution in [2.45, 2.75) is 0 Å². The average molecular weight is 292 g/mol. The maximum absolute atomic E-state index is 14.1. The lowest BCUT2D eigenvalue weighted by molar-refractivity contribution is 0.174. The van der Waals surface area contributed by atoms with E-state index in [9.17, 15) is 18.7 Å². The van der Waals surface area contributed by atoms with E-state index in [0.717, 1.165) is 0 Å². The minimum Gasteiger partial charge on any atom is -0.505 e. The van der Waals surface area contributed by atoms with Crippen LogP contribution in [0.2, 0.25) is 0 Å². The summed E-state index contributed by atoms with van der Waals surface area (Å²) in [5, 5.41) is 9.16. The van der Waals surface area contributed by atoms with E-state index < -0.39 is 28.6 Å². The summed E-state index contributed by atoms with van der Waals surface area (Å²) in [5.74, 6) is -2.56. The number of ether oxygens (including phenoxy) is 2. The van der Waals surface area contributed by atoms with Gasteiger partial charge in [0.05, 0.1) is 5.39 Å². The normalized spacial score (nSPS) is 13.2. The van der Waals surface area contributed by atoms with Gasteiger partial charge in [0.1, 0.15) is 11.2 Å². The number of phenolic OH excluding ortho intramolecular Hbond substituents is 1. The van der Waals surface area contributed by atoms with Crippen LogP contribution in [0.25, 0.3) is 21.7 Å². The number of phenols is 1. The molecular formula is C14H6F2O5. The molecule has 1 aromatic heterocycles. The van der Waals surface area contributed by atoms with E-state index in [1.165, 1.54) is 12.1 Å². The lowest BCUT2D eigenvalue weighted by atomic mass is 10.1. The Morgan fingerprint density at radius 3 is 2.76 bits per heavy atom. The molecule has 0 saturated heterocycles. The van der Waals surface area contributed by atoms with E-state index in [-0.39, 0.29) is 28.7 Å². The Bertz CT molecular complexity index is 977. The van der Waals surface area contributed by atoms with Crippen LogP contribution in [0.3, 0.4) is 0 Å². The molecule has 1 aliphatic heterocycles. The number of benzene rings is 2. The molecule has 5 nitrogen and oxygen atoms in total. The molecule has 0 aliphatic carbocycles. The Morgan fingerprint density at radius 1 is 1.14 bits per heavy atom. The first-order valence-electron chi connectivity index (χ1n) is 5.94. The molecule has 4 rings (SSSR count). The van der Waals surface area contributed by atoms with E-state index in [1.54, 1.807) is 0 Å². The molecule has 1 N–H and O–H groups in total. The molecule has 1 aliphatic rings. The highest BCUT2D eigenvalue weighted by Gasteiger charge is 2.24. The fourth-order valence-electron chi connectivity index (χ4n) is 2.46. The number of rotatable bonds is 0. The number of halogens is 2. The van der Waals surface area contributed by atoms with Crippen molar-refractivity contribution in [3.8, 4) is 17.2 Å². The van der Waals surface area contributed by atoms with Gasteiger partial charge >= 0.3 is 5.63 Å². The van der Waals surface area contributed by atoms with Crippen LogP contribution in [-0.4, -0.2) is 11.9 Å². The van der Waals surface area contributed by atoms with Crippen LogP contribution in [0.15, 0.2) is 27.4 Å². The van der Waals surface area contributed by atoms with Crippen molar-refractivity contribution >= 4 is 21.7 Å². The summed E-state index contributed by atoms with van der Waals surface area (Å²) in [6.45, 7) is -0.0711. The van der Waals surface area contributed by atoms with Crippen molar-refractivity contribution < 1.29 is 27.8 Å². The molecule has 0 radical (unpaired) electrons. The van der Waals surface area contributed by atoms with Gasteiger partial charge in [-0.25, -0.2) is 9.18 Å². The summed E-state index contributed by atoms with van der Waals surface area (Å²) in [7, 11) is 0. The first-order valence-corrected chi connectivity index (χ1v) is 5.94. The fourth-order valence-corrected chi connectivity index (χ4v) is 2.46. The van der Waals surface area contributed by atoms with E-state index in [4.69, 9.17) is 13.9 Å². The molecule has 0 fully saturated rings. The summed E-state index contributed by atoms with van der Waals surface area (Å²) in [6, 6.07) is 3.54. The van der Waals surface area contributed by atoms with Crippen molar-refractivity contribution in [1.29, 1.82) is 0 Å². The Kier molecular flexibility index (Phi) is 2.19. The molecule has 0 spiro atoms. The highest BCUT2D eigenvalue weighted by Crippen LogP contribution is 2.41. The third-order valence-electron chi connectivity index (χ3n) is 3.36. The van der Waals surface area contributed by atoms with Crippen LogP contribution in [0.5, 0.6) is 17.2 Å². The summed E-state index contributed by atoms with van der Waals surface area (Å²) < 4.78 is 43.1. The second-order valence-corrected chi connectivity index (χ2v) is 4.51. The molecule has 106 valence electrons. The van der Waals surface area contributed by atoms with E-state index in [2.05, 4.69) is 0 Å². The maximum atomic E-state index is 14.1. The van der Waals surface area contributed by atoms with Crippen molar-refractivity contribution in [2.24, 2.45) is 0 Å². The second-order valence-electron chi connectivity index (χ2n) is 4.51. The summed E-state index contributed by atoms with van der Waals surface area (Å²) in [5.41, 5.74) is -1.53. The van der Waals surface area contributed by atoms with Gasteiger partial charge in [0, 0.05) is 11.5 Å². The molecular weight excluding hydrogens is 286 g/mol. The SMILES string of the molecule is O=c1oc2c(F)c(O)cc(F)c2c2ccc3c(c12)OCO3. The standard InChI is InChI=1S/C14H6F2O5/c15-6-3-7(17)11(16)13-9(6)5-1-2-8-12(20-4-19-8)10(5)14(18)21-13/h1-3,17H,4H2. The maximum Gasteiger partial charge on any atom is 0.348 e. The van der Waals surface area contributed by atoms with Gasteiger partial charge in [0.15, 0.2) is 22.8 Å². The predicted octanol–water partition coefficient (Wildman–Crippen LogP) is 2.66. The first-order chi connectivity index (χ1) is 10.1. The molecule has 0 unspecified atom stereocenters. The molecule has 2 heterocycles. The average Bonchev–Trinajstić information content (AvgIpc) is 2.92. The smallest absolute Gasteiger partial charge is 0.348 e. The number of aromatic hydroxyl groups is 1. The molecule has 0 saturated carbocycles. The molecule has 0 amide bonds. The minimum atomic E-state index is -1.19. The van der Waals surface area contributed by atoms with Crippen LogP contribution >= 0.6 is 0 Å². The molecule has 2 aromatic carbocycles. The quantitative estimate of drug-likeness (QED) is 0.509. The van der Waals surface area contributed by atoms with Gasteiger partial charge in [-0.15, -0.1) is 0 Å². The van der Waals surface area contributed by atoms with E-state index in [1.807, 2.05) is 0 Å². The van der Waals surface area contributed by atoms with Crippen molar-refractivity contribution in [3.63, 3.8) is 0 Å². The lowest BCUT2D eigenvalue weighted by Crippen LogP contribution is -2.03. The number of hydrogen-bond acceptors (Lipinski definition) is 5. The number of fused-ring (bicyclic) bond motifs is 5. The topological polar surface area (TPSA) is 68.9 Å². The van der Waals surface area contributed by atoms with Gasteiger partial charge in [-0.2, -0.15) is 4.39 Å². The lowest BCUT2D eigenvalue weighted by Gasteiger charge is -2.07. The molecule has 0 atom stereocenters. The van der Waals surface area contributed by atoms with Crippen LogP contribution in [0, 0.1) is 11.6 Å². The predicted molar refractivity (Wildman–Crippen MR) is 67.7 cm³/mol. The first kappa shape index (κ1) is 12.0. The second kappa shape index (κ2) is 3.85. The van der Waals surface area contributed by atoms with Gasteiger partial charge in [-0.3, -0.25) is 0 Å².